The number of hydrogen-bond donors (Lipinski definition) is 1. The molecule has 1 unspecified atom stereocenters. The minimum atomic E-state index is -0.467. The van der Waals surface area contributed by atoms with Crippen LogP contribution in [0.25, 0.3) is 0 Å². The molecule has 0 saturated heterocycles. The molecule has 1 heterocycles. The van der Waals surface area contributed by atoms with Crippen LogP contribution in [0.4, 0.5) is 0 Å². The lowest BCUT2D eigenvalue weighted by atomic mass is 9.75. The smallest absolute Gasteiger partial charge is 0.336 e. The molecule has 5 nitrogen and oxygen atoms in total. The number of esters is 1. The Bertz CT molecular complexity index is 1020. The van der Waals surface area contributed by atoms with E-state index in [4.69, 9.17) is 9.47 Å². The monoisotopic (exact) mass is 389 g/mol. The fourth-order valence-electron chi connectivity index (χ4n) is 4.08. The Morgan fingerprint density at radius 1 is 1.03 bits per heavy atom. The van der Waals surface area contributed by atoms with Gasteiger partial charge >= 0.3 is 5.97 Å². The number of dihydropyridines is 1. The lowest BCUT2D eigenvalue weighted by Gasteiger charge is -2.34. The predicted octanol–water partition coefficient (Wildman–Crippen LogP) is 4.62. The first-order valence-corrected chi connectivity index (χ1v) is 9.73. The van der Waals surface area contributed by atoms with Crippen molar-refractivity contribution in [2.45, 2.75) is 32.1 Å². The average molecular weight is 389 g/mol. The summed E-state index contributed by atoms with van der Waals surface area (Å²) in [6.07, 6.45) is 2.10. The number of rotatable bonds is 4. The molecule has 2 aromatic carbocycles. The van der Waals surface area contributed by atoms with Gasteiger partial charge in [-0.15, -0.1) is 0 Å². The first-order chi connectivity index (χ1) is 14.1. The van der Waals surface area contributed by atoms with E-state index in [0.29, 0.717) is 23.3 Å². The van der Waals surface area contributed by atoms with Crippen LogP contribution in [-0.4, -0.2) is 18.9 Å². The van der Waals surface area contributed by atoms with Gasteiger partial charge in [0, 0.05) is 29.3 Å². The van der Waals surface area contributed by atoms with Gasteiger partial charge in [-0.2, -0.15) is 0 Å². The van der Waals surface area contributed by atoms with E-state index in [2.05, 4.69) is 5.32 Å². The lowest BCUT2D eigenvalue weighted by molar-refractivity contribution is -0.136. The van der Waals surface area contributed by atoms with E-state index < -0.39 is 11.9 Å². The maximum atomic E-state index is 12.8. The van der Waals surface area contributed by atoms with Gasteiger partial charge in [0.1, 0.15) is 11.5 Å². The van der Waals surface area contributed by atoms with E-state index in [0.717, 1.165) is 35.5 Å². The first kappa shape index (κ1) is 19.0. The molecule has 2 aliphatic rings. The number of ketones is 1. The van der Waals surface area contributed by atoms with Gasteiger partial charge in [-0.3, -0.25) is 4.79 Å². The van der Waals surface area contributed by atoms with Crippen molar-refractivity contribution in [2.75, 3.05) is 7.11 Å². The summed E-state index contributed by atoms with van der Waals surface area (Å²) in [4.78, 5) is 25.5. The number of benzene rings is 2. The number of ether oxygens (including phenoxy) is 2. The van der Waals surface area contributed by atoms with Crippen LogP contribution in [0.1, 0.15) is 37.7 Å². The zero-order chi connectivity index (χ0) is 20.4. The molecule has 1 N–H and O–H groups in total. The second kappa shape index (κ2) is 7.95. The lowest BCUT2D eigenvalue weighted by Crippen LogP contribution is -2.34. The highest BCUT2D eigenvalue weighted by molar-refractivity contribution is 6.03. The zero-order valence-corrected chi connectivity index (χ0v) is 16.5. The SMILES string of the molecule is COC(=O)C1=C(C)NC2=C(C(=O)CCC2)C1c1cccc(Oc2ccccc2)c1. The Hall–Kier alpha value is -3.34. The molecular formula is C24H23NO4. The first-order valence-electron chi connectivity index (χ1n) is 9.73. The minimum Gasteiger partial charge on any atom is -0.466 e. The maximum Gasteiger partial charge on any atom is 0.336 e. The molecule has 0 amide bonds. The summed E-state index contributed by atoms with van der Waals surface area (Å²) in [7, 11) is 1.36. The van der Waals surface area contributed by atoms with Crippen LogP contribution >= 0.6 is 0 Å². The van der Waals surface area contributed by atoms with Gasteiger partial charge in [0.25, 0.3) is 0 Å². The Labute approximate surface area is 170 Å². The van der Waals surface area contributed by atoms with Gasteiger partial charge in [0.05, 0.1) is 12.7 Å². The number of methoxy groups -OCH3 is 1. The van der Waals surface area contributed by atoms with Crippen molar-refractivity contribution < 1.29 is 19.1 Å². The molecule has 148 valence electrons. The number of allylic oxidation sites excluding steroid dienone is 3. The predicted molar refractivity (Wildman–Crippen MR) is 109 cm³/mol. The number of para-hydroxylation sites is 1. The third kappa shape index (κ3) is 3.68. The number of nitrogens with one attached hydrogen (secondary N) is 1. The Morgan fingerprint density at radius 2 is 1.79 bits per heavy atom. The van der Waals surface area contributed by atoms with Gasteiger partial charge < -0.3 is 14.8 Å². The van der Waals surface area contributed by atoms with Crippen molar-refractivity contribution >= 4 is 11.8 Å². The van der Waals surface area contributed by atoms with Crippen molar-refractivity contribution in [1.29, 1.82) is 0 Å². The molecule has 5 heteroatoms. The maximum absolute atomic E-state index is 12.8. The molecule has 29 heavy (non-hydrogen) atoms. The summed E-state index contributed by atoms with van der Waals surface area (Å²) in [6, 6.07) is 17.1. The molecular weight excluding hydrogens is 366 g/mol. The third-order valence-corrected chi connectivity index (χ3v) is 5.35. The zero-order valence-electron chi connectivity index (χ0n) is 16.5. The largest absolute Gasteiger partial charge is 0.466 e. The van der Waals surface area contributed by atoms with Crippen LogP contribution in [0.5, 0.6) is 11.5 Å². The molecule has 4 rings (SSSR count). The number of carbonyl (C=O) groups is 2. The van der Waals surface area contributed by atoms with Crippen LogP contribution in [0, 0.1) is 0 Å². The highest BCUT2D eigenvalue weighted by Crippen LogP contribution is 2.43. The highest BCUT2D eigenvalue weighted by atomic mass is 16.5. The summed E-state index contributed by atoms with van der Waals surface area (Å²) >= 11 is 0. The number of hydrogen-bond acceptors (Lipinski definition) is 5. The van der Waals surface area contributed by atoms with Gasteiger partial charge in [0.2, 0.25) is 0 Å². The van der Waals surface area contributed by atoms with E-state index in [-0.39, 0.29) is 5.78 Å². The van der Waals surface area contributed by atoms with Crippen molar-refractivity contribution in [3.8, 4) is 11.5 Å². The Kier molecular flexibility index (Phi) is 5.21. The van der Waals surface area contributed by atoms with Crippen LogP contribution in [0.3, 0.4) is 0 Å². The van der Waals surface area contributed by atoms with Gasteiger partial charge in [-0.25, -0.2) is 4.79 Å². The fourth-order valence-corrected chi connectivity index (χ4v) is 4.08. The number of Topliss-reactive ketones (excluding diaryl/α,β-unsaturated/α-hetero) is 1. The fraction of sp³-hybridized carbons (Fsp3) is 0.250. The van der Waals surface area contributed by atoms with Crippen molar-refractivity contribution in [3.05, 3.63) is 82.7 Å². The summed E-state index contributed by atoms with van der Waals surface area (Å²) in [5, 5.41) is 3.27. The second-order valence-electron chi connectivity index (χ2n) is 7.24. The molecule has 1 aliphatic carbocycles. The number of carbonyl (C=O) groups excluding carboxylic acids is 2. The van der Waals surface area contributed by atoms with Crippen LogP contribution in [-0.2, 0) is 14.3 Å². The van der Waals surface area contributed by atoms with Gasteiger partial charge in [-0.05, 0) is 49.6 Å². The second-order valence-corrected chi connectivity index (χ2v) is 7.24. The molecule has 0 saturated carbocycles. The van der Waals surface area contributed by atoms with E-state index >= 15 is 0 Å². The summed E-state index contributed by atoms with van der Waals surface area (Å²) in [5.41, 5.74) is 3.61. The normalized spacial score (nSPS) is 18.8. The van der Waals surface area contributed by atoms with Crippen LogP contribution in [0.15, 0.2) is 77.1 Å². The van der Waals surface area contributed by atoms with Crippen LogP contribution in [0.2, 0.25) is 0 Å². The molecule has 1 aliphatic heterocycles. The molecule has 1 atom stereocenters. The summed E-state index contributed by atoms with van der Waals surface area (Å²) < 4.78 is 11.0. The van der Waals surface area contributed by atoms with Crippen molar-refractivity contribution in [3.63, 3.8) is 0 Å². The standard InChI is InChI=1S/C24H23NO4/c1-15-21(24(27)28-2)22(23-19(25-15)12-7-13-20(23)26)16-8-6-11-18(14-16)29-17-9-4-3-5-10-17/h3-6,8-11,14,22,25H,7,12-13H2,1-2H3. The van der Waals surface area contributed by atoms with Gasteiger partial charge in [0.15, 0.2) is 5.78 Å². The average Bonchev–Trinajstić information content (AvgIpc) is 2.73. The topological polar surface area (TPSA) is 64.6 Å². The molecule has 0 radical (unpaired) electrons. The molecule has 0 bridgehead atoms. The molecule has 2 aromatic rings. The summed E-state index contributed by atoms with van der Waals surface area (Å²) in [6.45, 7) is 1.85. The van der Waals surface area contributed by atoms with Gasteiger partial charge in [-0.1, -0.05) is 30.3 Å². The van der Waals surface area contributed by atoms with E-state index in [1.54, 1.807) is 0 Å². The minimum absolute atomic E-state index is 0.0760. The third-order valence-electron chi connectivity index (χ3n) is 5.35. The van der Waals surface area contributed by atoms with Crippen LogP contribution < -0.4 is 10.1 Å². The highest BCUT2D eigenvalue weighted by Gasteiger charge is 2.38. The van der Waals surface area contributed by atoms with E-state index in [1.807, 2.05) is 61.5 Å². The molecule has 0 aromatic heterocycles. The Morgan fingerprint density at radius 3 is 2.55 bits per heavy atom. The summed E-state index contributed by atoms with van der Waals surface area (Å²) in [5.74, 6) is 0.556. The van der Waals surface area contributed by atoms with Crippen molar-refractivity contribution in [2.24, 2.45) is 0 Å². The molecule has 0 fully saturated rings. The molecule has 0 spiro atoms. The van der Waals surface area contributed by atoms with E-state index in [9.17, 15) is 9.59 Å². The Balaban J connectivity index is 1.79. The van der Waals surface area contributed by atoms with Crippen molar-refractivity contribution in [1.82, 2.24) is 5.32 Å². The van der Waals surface area contributed by atoms with E-state index in [1.165, 1.54) is 7.11 Å². The quantitative estimate of drug-likeness (QED) is 0.773.